The van der Waals surface area contributed by atoms with Gasteiger partial charge in [-0.2, -0.15) is 0 Å². The fraction of sp³-hybridized carbons (Fsp3) is 0.500. The highest BCUT2D eigenvalue weighted by Gasteiger charge is 2.34. The number of hydrogen-bond donors (Lipinski definition) is 2. The molecule has 3 rings (SSSR count). The van der Waals surface area contributed by atoms with Gasteiger partial charge in [-0.25, -0.2) is 0 Å². The molecule has 2 N–H and O–H groups in total. The zero-order chi connectivity index (χ0) is 22.8. The van der Waals surface area contributed by atoms with Gasteiger partial charge in [-0.05, 0) is 62.4 Å². The number of fused-ring (bicyclic) bond motifs is 1. The van der Waals surface area contributed by atoms with Crippen LogP contribution in [0.4, 0.5) is 10.7 Å². The summed E-state index contributed by atoms with van der Waals surface area (Å²) in [5, 5.41) is 6.62. The highest BCUT2D eigenvalue weighted by molar-refractivity contribution is 7.17. The van der Waals surface area contributed by atoms with Crippen molar-refractivity contribution in [3.63, 3.8) is 0 Å². The number of thiophene rings is 1. The SMILES string of the molecule is COc1ccccc1NC(=O)c1c(NC(=O)CN(C)C)sc2c1CC[C@H](C(C)(C)C)C2. The maximum Gasteiger partial charge on any atom is 0.259 e. The number of para-hydroxylation sites is 2. The molecule has 31 heavy (non-hydrogen) atoms. The minimum absolute atomic E-state index is 0.123. The van der Waals surface area contributed by atoms with Gasteiger partial charge in [0.05, 0.1) is 24.9 Å². The summed E-state index contributed by atoms with van der Waals surface area (Å²) in [5.74, 6) is 0.818. The molecule has 2 amide bonds. The van der Waals surface area contributed by atoms with Crippen LogP contribution in [0.2, 0.25) is 0 Å². The van der Waals surface area contributed by atoms with Crippen molar-refractivity contribution in [3.05, 3.63) is 40.3 Å². The van der Waals surface area contributed by atoms with Crippen LogP contribution in [0, 0.1) is 11.3 Å². The van der Waals surface area contributed by atoms with E-state index < -0.39 is 0 Å². The van der Waals surface area contributed by atoms with Gasteiger partial charge in [-0.3, -0.25) is 9.59 Å². The number of ether oxygens (including phenoxy) is 1. The van der Waals surface area contributed by atoms with Gasteiger partial charge in [-0.15, -0.1) is 11.3 Å². The maximum atomic E-state index is 13.4. The number of carbonyl (C=O) groups excluding carboxylic acids is 2. The third kappa shape index (κ3) is 5.46. The number of nitrogens with zero attached hydrogens (tertiary/aromatic N) is 1. The van der Waals surface area contributed by atoms with Crippen molar-refractivity contribution in [2.75, 3.05) is 38.4 Å². The fourth-order valence-corrected chi connectivity index (χ4v) is 5.38. The Labute approximate surface area is 189 Å². The molecular weight excluding hydrogens is 410 g/mol. The second kappa shape index (κ2) is 9.40. The smallest absolute Gasteiger partial charge is 0.259 e. The number of benzene rings is 1. The molecule has 0 bridgehead atoms. The Kier molecular flexibility index (Phi) is 7.06. The molecule has 0 aliphatic heterocycles. The van der Waals surface area contributed by atoms with E-state index in [9.17, 15) is 9.59 Å². The second-order valence-electron chi connectivity index (χ2n) is 9.45. The summed E-state index contributed by atoms with van der Waals surface area (Å²) in [6, 6.07) is 7.34. The predicted octanol–water partition coefficient (Wildman–Crippen LogP) is 4.66. The summed E-state index contributed by atoms with van der Waals surface area (Å²) in [7, 11) is 5.28. The van der Waals surface area contributed by atoms with Crippen molar-refractivity contribution in [3.8, 4) is 5.75 Å². The molecule has 1 aliphatic carbocycles. The van der Waals surface area contributed by atoms with Crippen molar-refractivity contribution in [2.45, 2.75) is 40.0 Å². The lowest BCUT2D eigenvalue weighted by Gasteiger charge is -2.33. The van der Waals surface area contributed by atoms with Crippen LogP contribution in [0.25, 0.3) is 0 Å². The number of anilines is 2. The first-order valence-corrected chi connectivity index (χ1v) is 11.4. The molecule has 0 fully saturated rings. The molecule has 2 aromatic rings. The summed E-state index contributed by atoms with van der Waals surface area (Å²) >= 11 is 1.54. The lowest BCUT2D eigenvalue weighted by Crippen LogP contribution is -2.28. The molecular formula is C24H33N3O3S. The average molecular weight is 444 g/mol. The molecule has 1 heterocycles. The largest absolute Gasteiger partial charge is 0.495 e. The van der Waals surface area contributed by atoms with Gasteiger partial charge in [0.1, 0.15) is 10.8 Å². The quantitative estimate of drug-likeness (QED) is 0.681. The minimum atomic E-state index is -0.212. The Bertz CT molecular complexity index is 959. The number of amides is 2. The maximum absolute atomic E-state index is 13.4. The van der Waals surface area contributed by atoms with Gasteiger partial charge in [0.2, 0.25) is 5.91 Å². The van der Waals surface area contributed by atoms with E-state index in [0.29, 0.717) is 27.9 Å². The first-order chi connectivity index (χ1) is 14.6. The standard InChI is InChI=1S/C24H33N3O3S/c1-24(2,3)15-11-12-16-19(13-15)31-23(26-20(28)14-27(4)5)21(16)22(29)25-17-9-7-8-10-18(17)30-6/h7-10,15H,11-14H2,1-6H3,(H,25,29)(H,26,28)/t15-/m0/s1. The summed E-state index contributed by atoms with van der Waals surface area (Å²) in [6.07, 6.45) is 2.81. The number of methoxy groups -OCH3 is 1. The number of rotatable bonds is 6. The minimum Gasteiger partial charge on any atom is -0.495 e. The van der Waals surface area contributed by atoms with Gasteiger partial charge in [0, 0.05) is 4.88 Å². The molecule has 6 nitrogen and oxygen atoms in total. The van der Waals surface area contributed by atoms with E-state index >= 15 is 0 Å². The monoisotopic (exact) mass is 443 g/mol. The Hall–Kier alpha value is -2.38. The number of nitrogens with one attached hydrogen (secondary N) is 2. The lowest BCUT2D eigenvalue weighted by molar-refractivity contribution is -0.116. The van der Waals surface area contributed by atoms with Crippen LogP contribution in [-0.2, 0) is 17.6 Å². The third-order valence-electron chi connectivity index (χ3n) is 5.79. The molecule has 0 spiro atoms. The van der Waals surface area contributed by atoms with E-state index in [1.54, 1.807) is 18.4 Å². The zero-order valence-corrected chi connectivity index (χ0v) is 20.1. The molecule has 0 radical (unpaired) electrons. The number of likely N-dealkylation sites (N-methyl/N-ethyl adjacent to an activating group) is 1. The van der Waals surface area contributed by atoms with Crippen LogP contribution < -0.4 is 15.4 Å². The molecule has 1 atom stereocenters. The normalized spacial score (nSPS) is 16.0. The molecule has 0 saturated carbocycles. The molecule has 1 aliphatic rings. The first-order valence-electron chi connectivity index (χ1n) is 10.6. The third-order valence-corrected chi connectivity index (χ3v) is 6.95. The first kappa shape index (κ1) is 23.3. The van der Waals surface area contributed by atoms with Crippen LogP contribution in [0.5, 0.6) is 5.75 Å². The van der Waals surface area contributed by atoms with E-state index in [4.69, 9.17) is 4.74 Å². The van der Waals surface area contributed by atoms with E-state index in [-0.39, 0.29) is 23.8 Å². The molecule has 0 unspecified atom stereocenters. The Morgan fingerprint density at radius 1 is 1.19 bits per heavy atom. The van der Waals surface area contributed by atoms with Crippen LogP contribution in [0.1, 0.15) is 48.0 Å². The summed E-state index contributed by atoms with van der Waals surface area (Å²) in [5.41, 5.74) is 2.47. The van der Waals surface area contributed by atoms with E-state index in [1.165, 1.54) is 4.88 Å². The highest BCUT2D eigenvalue weighted by atomic mass is 32.1. The van der Waals surface area contributed by atoms with Crippen molar-refractivity contribution >= 4 is 33.8 Å². The lowest BCUT2D eigenvalue weighted by atomic mass is 9.72. The number of hydrogen-bond acceptors (Lipinski definition) is 5. The Morgan fingerprint density at radius 3 is 2.55 bits per heavy atom. The molecule has 0 saturated heterocycles. The van der Waals surface area contributed by atoms with E-state index in [1.807, 2.05) is 43.3 Å². The van der Waals surface area contributed by atoms with Crippen molar-refractivity contribution in [2.24, 2.45) is 11.3 Å². The van der Waals surface area contributed by atoms with Gasteiger partial charge >= 0.3 is 0 Å². The molecule has 1 aromatic heterocycles. The van der Waals surface area contributed by atoms with Crippen LogP contribution >= 0.6 is 11.3 Å². The van der Waals surface area contributed by atoms with Crippen LogP contribution in [0.3, 0.4) is 0 Å². The van der Waals surface area contributed by atoms with E-state index in [0.717, 1.165) is 24.8 Å². The van der Waals surface area contributed by atoms with E-state index in [2.05, 4.69) is 31.4 Å². The van der Waals surface area contributed by atoms with Gasteiger partial charge in [0.25, 0.3) is 5.91 Å². The Morgan fingerprint density at radius 2 is 1.90 bits per heavy atom. The van der Waals surface area contributed by atoms with Gasteiger partial charge < -0.3 is 20.3 Å². The van der Waals surface area contributed by atoms with Gasteiger partial charge in [-0.1, -0.05) is 32.9 Å². The topological polar surface area (TPSA) is 70.7 Å². The van der Waals surface area contributed by atoms with Crippen molar-refractivity contribution in [1.82, 2.24) is 4.90 Å². The predicted molar refractivity (Wildman–Crippen MR) is 127 cm³/mol. The highest BCUT2D eigenvalue weighted by Crippen LogP contribution is 2.44. The van der Waals surface area contributed by atoms with Gasteiger partial charge in [0.15, 0.2) is 0 Å². The average Bonchev–Trinajstić information content (AvgIpc) is 3.03. The van der Waals surface area contributed by atoms with Crippen molar-refractivity contribution < 1.29 is 14.3 Å². The second-order valence-corrected chi connectivity index (χ2v) is 10.6. The summed E-state index contributed by atoms with van der Waals surface area (Å²) < 4.78 is 5.38. The summed E-state index contributed by atoms with van der Waals surface area (Å²) in [6.45, 7) is 7.07. The molecule has 7 heteroatoms. The van der Waals surface area contributed by atoms with Crippen LogP contribution in [0.15, 0.2) is 24.3 Å². The summed E-state index contributed by atoms with van der Waals surface area (Å²) in [4.78, 5) is 28.9. The molecule has 168 valence electrons. The zero-order valence-electron chi connectivity index (χ0n) is 19.3. The molecule has 1 aromatic carbocycles. The fourth-order valence-electron chi connectivity index (χ4n) is 4.04. The van der Waals surface area contributed by atoms with Crippen LogP contribution in [-0.4, -0.2) is 44.5 Å². The van der Waals surface area contributed by atoms with Crippen molar-refractivity contribution in [1.29, 1.82) is 0 Å². The number of carbonyl (C=O) groups is 2. The Balaban J connectivity index is 1.95.